The minimum absolute atomic E-state index is 0.0206. The SMILES string of the molecule is CCOC(=O)N1CCC2(CC1)CC(=O)c1cc(NC3=C(C(=O)OC)CN(CCO)C3=O)ccc1O2. The molecule has 0 bridgehead atoms. The highest BCUT2D eigenvalue weighted by Gasteiger charge is 2.44. The highest BCUT2D eigenvalue weighted by molar-refractivity contribution is 6.09. The number of amides is 2. The van der Waals surface area contributed by atoms with Gasteiger partial charge in [-0.25, -0.2) is 9.59 Å². The highest BCUT2D eigenvalue weighted by atomic mass is 16.6. The Kier molecular flexibility index (Phi) is 6.97. The van der Waals surface area contributed by atoms with Crippen LogP contribution in [0.2, 0.25) is 0 Å². The van der Waals surface area contributed by atoms with Crippen molar-refractivity contribution in [3.8, 4) is 5.75 Å². The van der Waals surface area contributed by atoms with Crippen LogP contribution in [0.3, 0.4) is 0 Å². The van der Waals surface area contributed by atoms with Crippen molar-refractivity contribution in [2.45, 2.75) is 31.8 Å². The molecule has 11 nitrogen and oxygen atoms in total. The van der Waals surface area contributed by atoms with Gasteiger partial charge in [0.2, 0.25) is 0 Å². The molecule has 0 radical (unpaired) electrons. The predicted octanol–water partition coefficient (Wildman–Crippen LogP) is 1.32. The van der Waals surface area contributed by atoms with E-state index < -0.39 is 17.5 Å². The van der Waals surface area contributed by atoms with Gasteiger partial charge >= 0.3 is 12.1 Å². The van der Waals surface area contributed by atoms with Crippen molar-refractivity contribution < 1.29 is 38.5 Å². The topological polar surface area (TPSA) is 135 Å². The number of ether oxygens (including phenoxy) is 3. The molecular weight excluding hydrogens is 458 g/mol. The van der Waals surface area contributed by atoms with Crippen molar-refractivity contribution >= 4 is 29.4 Å². The van der Waals surface area contributed by atoms with Crippen LogP contribution in [-0.4, -0.2) is 90.8 Å². The molecule has 0 unspecified atom stereocenters. The summed E-state index contributed by atoms with van der Waals surface area (Å²) < 4.78 is 16.1. The van der Waals surface area contributed by atoms with Gasteiger partial charge in [0.1, 0.15) is 17.0 Å². The lowest BCUT2D eigenvalue weighted by Gasteiger charge is -2.43. The van der Waals surface area contributed by atoms with E-state index in [-0.39, 0.29) is 49.3 Å². The minimum atomic E-state index is -0.672. The van der Waals surface area contributed by atoms with E-state index in [1.54, 1.807) is 30.0 Å². The number of hydrogen-bond acceptors (Lipinski definition) is 9. The number of hydrogen-bond donors (Lipinski definition) is 2. The fourth-order valence-electron chi connectivity index (χ4n) is 4.66. The van der Waals surface area contributed by atoms with Crippen molar-refractivity contribution in [2.24, 2.45) is 0 Å². The van der Waals surface area contributed by atoms with E-state index in [0.29, 0.717) is 49.5 Å². The Morgan fingerprint density at radius 1 is 1.23 bits per heavy atom. The van der Waals surface area contributed by atoms with Crippen LogP contribution < -0.4 is 10.1 Å². The van der Waals surface area contributed by atoms with Gasteiger partial charge in [-0.15, -0.1) is 0 Å². The molecule has 0 saturated carbocycles. The van der Waals surface area contributed by atoms with Gasteiger partial charge in [-0.3, -0.25) is 9.59 Å². The molecule has 3 aliphatic rings. The number of rotatable bonds is 6. The van der Waals surface area contributed by atoms with Gasteiger partial charge < -0.3 is 34.4 Å². The maximum absolute atomic E-state index is 13.1. The number of likely N-dealkylation sites (tertiary alicyclic amines) is 1. The molecule has 0 aliphatic carbocycles. The van der Waals surface area contributed by atoms with E-state index in [4.69, 9.17) is 14.2 Å². The van der Waals surface area contributed by atoms with Gasteiger partial charge in [-0.05, 0) is 25.1 Å². The zero-order valence-electron chi connectivity index (χ0n) is 19.8. The average Bonchev–Trinajstić information content (AvgIpc) is 3.15. The predicted molar refractivity (Wildman–Crippen MR) is 123 cm³/mol. The molecule has 3 aliphatic heterocycles. The van der Waals surface area contributed by atoms with Gasteiger partial charge in [-0.2, -0.15) is 0 Å². The van der Waals surface area contributed by atoms with Crippen molar-refractivity contribution in [1.29, 1.82) is 0 Å². The third-order valence-corrected chi connectivity index (χ3v) is 6.51. The number of aliphatic hydroxyl groups excluding tert-OH is 1. The van der Waals surface area contributed by atoms with Gasteiger partial charge in [0.25, 0.3) is 5.91 Å². The molecule has 1 saturated heterocycles. The normalized spacial score (nSPS) is 18.9. The minimum Gasteiger partial charge on any atom is -0.486 e. The summed E-state index contributed by atoms with van der Waals surface area (Å²) >= 11 is 0. The third kappa shape index (κ3) is 4.81. The molecule has 2 amide bonds. The number of methoxy groups -OCH3 is 1. The number of nitrogens with one attached hydrogen (secondary N) is 1. The first-order valence-corrected chi connectivity index (χ1v) is 11.6. The summed E-state index contributed by atoms with van der Waals surface area (Å²) in [6, 6.07) is 4.93. The molecule has 1 spiro atoms. The molecule has 1 aromatic rings. The second-order valence-corrected chi connectivity index (χ2v) is 8.70. The van der Waals surface area contributed by atoms with Crippen LogP contribution in [0.15, 0.2) is 29.5 Å². The first kappa shape index (κ1) is 24.5. The van der Waals surface area contributed by atoms with Gasteiger partial charge in [0, 0.05) is 38.2 Å². The van der Waals surface area contributed by atoms with E-state index in [9.17, 15) is 24.3 Å². The molecule has 0 atom stereocenters. The summed E-state index contributed by atoms with van der Waals surface area (Å²) in [7, 11) is 1.23. The summed E-state index contributed by atoms with van der Waals surface area (Å²) in [5.74, 6) is -0.735. The smallest absolute Gasteiger partial charge is 0.409 e. The number of Topliss-reactive ketones (excluding diaryl/α,β-unsaturated/α-hetero) is 1. The maximum atomic E-state index is 13.1. The molecule has 0 aromatic heterocycles. The molecule has 3 heterocycles. The number of nitrogens with zero attached hydrogens (tertiary/aromatic N) is 2. The second kappa shape index (κ2) is 9.95. The first-order chi connectivity index (χ1) is 16.8. The van der Waals surface area contributed by atoms with Crippen LogP contribution in [0.4, 0.5) is 10.5 Å². The number of esters is 1. The lowest BCUT2D eigenvalue weighted by Crippen LogP contribution is -2.52. The van der Waals surface area contributed by atoms with Crippen LogP contribution in [0.1, 0.15) is 36.5 Å². The number of anilines is 1. The molecular formula is C24H29N3O8. The van der Waals surface area contributed by atoms with Gasteiger partial charge in [0.05, 0.1) is 44.4 Å². The maximum Gasteiger partial charge on any atom is 0.409 e. The van der Waals surface area contributed by atoms with Crippen LogP contribution in [-0.2, 0) is 19.1 Å². The summed E-state index contributed by atoms with van der Waals surface area (Å²) in [6.07, 6.45) is 0.850. The fraction of sp³-hybridized carbons (Fsp3) is 0.500. The van der Waals surface area contributed by atoms with Crippen LogP contribution >= 0.6 is 0 Å². The van der Waals surface area contributed by atoms with E-state index in [2.05, 4.69) is 5.32 Å². The summed E-state index contributed by atoms with van der Waals surface area (Å²) in [4.78, 5) is 53.0. The third-order valence-electron chi connectivity index (χ3n) is 6.51. The first-order valence-electron chi connectivity index (χ1n) is 11.6. The Morgan fingerprint density at radius 3 is 2.63 bits per heavy atom. The molecule has 1 aromatic carbocycles. The van der Waals surface area contributed by atoms with Crippen molar-refractivity contribution in [2.75, 3.05) is 51.8 Å². The van der Waals surface area contributed by atoms with Crippen LogP contribution in [0.25, 0.3) is 0 Å². The van der Waals surface area contributed by atoms with Gasteiger partial charge in [-0.1, -0.05) is 0 Å². The molecule has 2 N–H and O–H groups in total. The highest BCUT2D eigenvalue weighted by Crippen LogP contribution is 2.40. The largest absolute Gasteiger partial charge is 0.486 e. The van der Waals surface area contributed by atoms with Gasteiger partial charge in [0.15, 0.2) is 5.78 Å². The number of β-amino-alcohol motifs (C(OH)–C–C–N with tert-alkyl or cyclic N) is 1. The number of carbonyl (C=O) groups excluding carboxylic acids is 4. The van der Waals surface area contributed by atoms with E-state index >= 15 is 0 Å². The van der Waals surface area contributed by atoms with E-state index in [1.165, 1.54) is 12.0 Å². The van der Waals surface area contributed by atoms with Crippen LogP contribution in [0, 0.1) is 0 Å². The zero-order valence-corrected chi connectivity index (χ0v) is 19.8. The summed E-state index contributed by atoms with van der Waals surface area (Å²) in [6.45, 7) is 2.81. The molecule has 4 rings (SSSR count). The van der Waals surface area contributed by atoms with Crippen molar-refractivity contribution in [3.63, 3.8) is 0 Å². The molecule has 188 valence electrons. The number of aliphatic hydroxyl groups is 1. The quantitative estimate of drug-likeness (QED) is 0.570. The van der Waals surface area contributed by atoms with Crippen molar-refractivity contribution in [3.05, 3.63) is 35.0 Å². The number of ketones is 1. The monoisotopic (exact) mass is 487 g/mol. The van der Waals surface area contributed by atoms with E-state index in [1.807, 2.05) is 0 Å². The lowest BCUT2D eigenvalue weighted by atomic mass is 9.82. The molecule has 11 heteroatoms. The zero-order chi connectivity index (χ0) is 25.2. The molecule has 35 heavy (non-hydrogen) atoms. The fourth-order valence-corrected chi connectivity index (χ4v) is 4.66. The summed E-state index contributed by atoms with van der Waals surface area (Å²) in [5.41, 5.74) is 0.362. The van der Waals surface area contributed by atoms with Crippen LogP contribution in [0.5, 0.6) is 5.75 Å². The number of benzene rings is 1. The number of piperidine rings is 1. The van der Waals surface area contributed by atoms with E-state index in [0.717, 1.165) is 0 Å². The standard InChI is InChI=1S/C24H29N3O8/c1-3-34-23(32)26-8-6-24(7-9-26)13-18(29)16-12-15(4-5-19(16)35-24)25-20-17(22(31)33-2)14-27(10-11-28)21(20)30/h4-5,12,25,28H,3,6-11,13-14H2,1-2H3. The summed E-state index contributed by atoms with van der Waals surface area (Å²) in [5, 5.41) is 12.2. The Bertz CT molecular complexity index is 1070. The second-order valence-electron chi connectivity index (χ2n) is 8.70. The molecule has 1 fully saturated rings. The Hall–Kier alpha value is -3.60. The number of fused-ring (bicyclic) bond motifs is 1. The van der Waals surface area contributed by atoms with Crippen molar-refractivity contribution in [1.82, 2.24) is 9.80 Å². The Balaban J connectivity index is 1.51. The Morgan fingerprint density at radius 2 is 1.97 bits per heavy atom. The Labute approximate surface area is 202 Å². The average molecular weight is 488 g/mol. The lowest BCUT2D eigenvalue weighted by molar-refractivity contribution is -0.136. The number of carbonyl (C=O) groups is 4.